The minimum atomic E-state index is -0.727. The molecule has 1 heterocycles. The maximum Gasteiger partial charge on any atom is 0.350 e. The molecular weight excluding hydrogens is 400 g/mol. The Bertz CT molecular complexity index is 990. The van der Waals surface area contributed by atoms with Crippen molar-refractivity contribution in [3.63, 3.8) is 0 Å². The maximum absolute atomic E-state index is 13.3. The number of fused-ring (bicyclic) bond motifs is 1. The van der Waals surface area contributed by atoms with Crippen LogP contribution in [0.15, 0.2) is 42.5 Å². The quantitative estimate of drug-likeness (QED) is 0.612. The topological polar surface area (TPSA) is 55.4 Å². The normalized spacial score (nSPS) is 10.7. The molecule has 0 saturated heterocycles. The van der Waals surface area contributed by atoms with Gasteiger partial charge >= 0.3 is 5.97 Å². The molecule has 2 aromatic carbocycles. The van der Waals surface area contributed by atoms with Gasteiger partial charge in [0.1, 0.15) is 10.7 Å². The van der Waals surface area contributed by atoms with Crippen LogP contribution in [-0.4, -0.2) is 18.5 Å². The molecule has 0 bridgehead atoms. The fraction of sp³-hybridized carbons (Fsp3) is 0.111. The second-order valence-corrected chi connectivity index (χ2v) is 7.24. The Morgan fingerprint density at radius 1 is 1.15 bits per heavy atom. The van der Waals surface area contributed by atoms with Crippen LogP contribution in [0.5, 0.6) is 0 Å². The molecule has 1 N–H and O–H groups in total. The van der Waals surface area contributed by atoms with Crippen LogP contribution in [0.3, 0.4) is 0 Å². The highest BCUT2D eigenvalue weighted by molar-refractivity contribution is 7.21. The highest BCUT2D eigenvalue weighted by Gasteiger charge is 2.19. The van der Waals surface area contributed by atoms with E-state index < -0.39 is 24.3 Å². The molecule has 1 amide bonds. The predicted octanol–water partition coefficient (Wildman–Crippen LogP) is 4.82. The molecule has 0 aliphatic heterocycles. The molecule has 0 fully saturated rings. The number of rotatable bonds is 5. The molecule has 0 aliphatic rings. The lowest BCUT2D eigenvalue weighted by Crippen LogP contribution is -2.28. The summed E-state index contributed by atoms with van der Waals surface area (Å²) in [7, 11) is 0. The van der Waals surface area contributed by atoms with E-state index in [9.17, 15) is 14.0 Å². The number of hydrogen-bond donors (Lipinski definition) is 1. The Morgan fingerprint density at radius 3 is 2.73 bits per heavy atom. The summed E-state index contributed by atoms with van der Waals surface area (Å²) in [6.07, 6.45) is 0. The van der Waals surface area contributed by atoms with Gasteiger partial charge in [-0.1, -0.05) is 35.3 Å². The SMILES string of the molecule is O=C(COC(=O)c1sc2cc(F)ccc2c1Cl)NCc1cccc(Cl)c1. The molecular formula is C18H12Cl2FNO3S. The fourth-order valence-electron chi connectivity index (χ4n) is 2.27. The van der Waals surface area contributed by atoms with Crippen LogP contribution in [0, 0.1) is 5.82 Å². The number of benzene rings is 2. The van der Waals surface area contributed by atoms with E-state index in [0.29, 0.717) is 15.1 Å². The molecule has 0 aliphatic carbocycles. The molecule has 0 unspecified atom stereocenters. The van der Waals surface area contributed by atoms with Gasteiger partial charge in [-0.05, 0) is 35.9 Å². The molecule has 0 atom stereocenters. The third-order valence-corrected chi connectivity index (χ3v) is 5.36. The van der Waals surface area contributed by atoms with E-state index in [2.05, 4.69) is 5.32 Å². The summed E-state index contributed by atoms with van der Waals surface area (Å²) in [6.45, 7) is -0.182. The molecule has 3 rings (SSSR count). The Hall–Kier alpha value is -2.15. The monoisotopic (exact) mass is 411 g/mol. The van der Waals surface area contributed by atoms with Crippen LogP contribution in [0.1, 0.15) is 15.2 Å². The second-order valence-electron chi connectivity index (χ2n) is 5.37. The number of amides is 1. The number of ether oxygens (including phenoxy) is 1. The van der Waals surface area contributed by atoms with Gasteiger partial charge in [-0.15, -0.1) is 11.3 Å². The summed E-state index contributed by atoms with van der Waals surface area (Å²) >= 11 is 13.0. The minimum Gasteiger partial charge on any atom is -0.451 e. The lowest BCUT2D eigenvalue weighted by atomic mass is 10.2. The summed E-state index contributed by atoms with van der Waals surface area (Å²) in [5.41, 5.74) is 0.826. The van der Waals surface area contributed by atoms with Crippen molar-refractivity contribution in [3.8, 4) is 0 Å². The van der Waals surface area contributed by atoms with Crippen LogP contribution in [0.25, 0.3) is 10.1 Å². The van der Waals surface area contributed by atoms with E-state index in [4.69, 9.17) is 27.9 Å². The van der Waals surface area contributed by atoms with Crippen molar-refractivity contribution in [2.75, 3.05) is 6.61 Å². The van der Waals surface area contributed by atoms with Crippen molar-refractivity contribution in [1.82, 2.24) is 5.32 Å². The third kappa shape index (κ3) is 4.33. The van der Waals surface area contributed by atoms with E-state index in [0.717, 1.165) is 16.9 Å². The number of halogens is 3. The molecule has 0 spiro atoms. The van der Waals surface area contributed by atoms with Crippen LogP contribution >= 0.6 is 34.5 Å². The lowest BCUT2D eigenvalue weighted by Gasteiger charge is -2.06. The summed E-state index contributed by atoms with van der Waals surface area (Å²) in [6, 6.07) is 11.1. The van der Waals surface area contributed by atoms with Gasteiger partial charge in [0.25, 0.3) is 5.91 Å². The molecule has 8 heteroatoms. The molecule has 0 radical (unpaired) electrons. The van der Waals surface area contributed by atoms with E-state index in [1.54, 1.807) is 18.2 Å². The Kier molecular flexibility index (Phi) is 5.76. The summed E-state index contributed by atoms with van der Waals surface area (Å²) in [5, 5.41) is 3.95. The van der Waals surface area contributed by atoms with Crippen molar-refractivity contribution in [2.45, 2.75) is 6.54 Å². The molecule has 0 saturated carbocycles. The summed E-state index contributed by atoms with van der Waals surface area (Å²) in [4.78, 5) is 24.1. The number of nitrogens with one attached hydrogen (secondary N) is 1. The van der Waals surface area contributed by atoms with Crippen LogP contribution < -0.4 is 5.32 Å². The standard InChI is InChI=1S/C18H12Cl2FNO3S/c19-11-3-1-2-10(6-11)8-22-15(23)9-25-18(24)17-16(20)13-5-4-12(21)7-14(13)26-17/h1-7H,8-9H2,(H,22,23). The molecule has 134 valence electrons. The van der Waals surface area contributed by atoms with Gasteiger partial charge in [-0.3, -0.25) is 4.79 Å². The number of esters is 1. The largest absolute Gasteiger partial charge is 0.451 e. The molecule has 26 heavy (non-hydrogen) atoms. The van der Waals surface area contributed by atoms with Gasteiger partial charge in [0.2, 0.25) is 0 Å². The Morgan fingerprint density at radius 2 is 1.96 bits per heavy atom. The first-order valence-electron chi connectivity index (χ1n) is 7.50. The van der Waals surface area contributed by atoms with E-state index >= 15 is 0 Å². The zero-order valence-electron chi connectivity index (χ0n) is 13.2. The zero-order valence-corrected chi connectivity index (χ0v) is 15.6. The van der Waals surface area contributed by atoms with Crippen molar-refractivity contribution in [2.24, 2.45) is 0 Å². The van der Waals surface area contributed by atoms with Crippen LogP contribution in [0.2, 0.25) is 10.0 Å². The first kappa shape index (κ1) is 18.6. The first-order chi connectivity index (χ1) is 12.4. The third-order valence-electron chi connectivity index (χ3n) is 3.49. The molecule has 3 aromatic rings. The fourth-order valence-corrected chi connectivity index (χ4v) is 3.91. The number of thiophene rings is 1. The first-order valence-corrected chi connectivity index (χ1v) is 9.07. The van der Waals surface area contributed by atoms with Crippen molar-refractivity contribution >= 4 is 56.5 Å². The van der Waals surface area contributed by atoms with E-state index in [1.807, 2.05) is 6.07 Å². The van der Waals surface area contributed by atoms with Gasteiger partial charge in [0.15, 0.2) is 6.61 Å². The maximum atomic E-state index is 13.3. The zero-order chi connectivity index (χ0) is 18.7. The van der Waals surface area contributed by atoms with Crippen molar-refractivity contribution < 1.29 is 18.7 Å². The highest BCUT2D eigenvalue weighted by atomic mass is 35.5. The van der Waals surface area contributed by atoms with Crippen LogP contribution in [-0.2, 0) is 16.1 Å². The average molecular weight is 412 g/mol. The smallest absolute Gasteiger partial charge is 0.350 e. The minimum absolute atomic E-state index is 0.134. The van der Waals surface area contributed by atoms with E-state index in [-0.39, 0.29) is 16.4 Å². The Balaban J connectivity index is 1.58. The van der Waals surface area contributed by atoms with Gasteiger partial charge in [-0.2, -0.15) is 0 Å². The molecule has 1 aromatic heterocycles. The van der Waals surface area contributed by atoms with E-state index in [1.165, 1.54) is 18.2 Å². The number of hydrogen-bond acceptors (Lipinski definition) is 4. The number of carbonyl (C=O) groups excluding carboxylic acids is 2. The molecule has 4 nitrogen and oxygen atoms in total. The predicted molar refractivity (Wildman–Crippen MR) is 100 cm³/mol. The van der Waals surface area contributed by atoms with Crippen molar-refractivity contribution in [1.29, 1.82) is 0 Å². The summed E-state index contributed by atoms with van der Waals surface area (Å²) < 4.78 is 18.8. The highest BCUT2D eigenvalue weighted by Crippen LogP contribution is 2.36. The van der Waals surface area contributed by atoms with Gasteiger partial charge < -0.3 is 10.1 Å². The van der Waals surface area contributed by atoms with Crippen LogP contribution in [0.4, 0.5) is 4.39 Å². The van der Waals surface area contributed by atoms with Gasteiger partial charge in [0, 0.05) is 21.7 Å². The average Bonchev–Trinajstić information content (AvgIpc) is 2.94. The van der Waals surface area contributed by atoms with Gasteiger partial charge in [0.05, 0.1) is 5.02 Å². The number of carbonyl (C=O) groups is 2. The second kappa shape index (κ2) is 8.03. The lowest BCUT2D eigenvalue weighted by molar-refractivity contribution is -0.124. The Labute approximate surface area is 162 Å². The van der Waals surface area contributed by atoms with Gasteiger partial charge in [-0.25, -0.2) is 9.18 Å². The summed E-state index contributed by atoms with van der Waals surface area (Å²) in [5.74, 6) is -1.60. The van der Waals surface area contributed by atoms with Crippen molar-refractivity contribution in [3.05, 3.63) is 68.8 Å².